The zero-order valence-electron chi connectivity index (χ0n) is 11.4. The third-order valence-corrected chi connectivity index (χ3v) is 4.98. The van der Waals surface area contributed by atoms with Gasteiger partial charge in [-0.05, 0) is 55.7 Å². The van der Waals surface area contributed by atoms with Crippen molar-refractivity contribution in [3.63, 3.8) is 0 Å². The van der Waals surface area contributed by atoms with E-state index in [4.69, 9.17) is 17.3 Å². The van der Waals surface area contributed by atoms with E-state index >= 15 is 0 Å². The van der Waals surface area contributed by atoms with E-state index in [1.54, 1.807) is 0 Å². The molecule has 3 rings (SSSR count). The molecular formula is C15H20Cl2N2O. The summed E-state index contributed by atoms with van der Waals surface area (Å²) in [5.41, 5.74) is 7.96. The van der Waals surface area contributed by atoms with Crippen molar-refractivity contribution in [2.45, 2.75) is 32.2 Å². The molecule has 1 aromatic rings. The second-order valence-corrected chi connectivity index (χ2v) is 6.32. The van der Waals surface area contributed by atoms with Crippen LogP contribution >= 0.6 is 24.0 Å². The molecule has 0 heterocycles. The first-order chi connectivity index (χ1) is 9.06. The number of carbonyl (C=O) groups is 1. The minimum absolute atomic E-state index is 0. The summed E-state index contributed by atoms with van der Waals surface area (Å²) in [4.78, 5) is 12.4. The minimum atomic E-state index is -0.0453. The van der Waals surface area contributed by atoms with Crippen LogP contribution in [-0.4, -0.2) is 11.9 Å². The highest BCUT2D eigenvalue weighted by molar-refractivity contribution is 6.33. The van der Waals surface area contributed by atoms with Gasteiger partial charge in [-0.1, -0.05) is 17.7 Å². The Hall–Kier alpha value is -0.770. The monoisotopic (exact) mass is 314 g/mol. The Morgan fingerprint density at radius 3 is 2.65 bits per heavy atom. The minimum Gasteiger partial charge on any atom is -0.327 e. The van der Waals surface area contributed by atoms with Crippen LogP contribution in [0.5, 0.6) is 0 Å². The van der Waals surface area contributed by atoms with Crippen molar-refractivity contribution in [3.8, 4) is 0 Å². The maximum atomic E-state index is 12.4. The molecule has 2 aliphatic rings. The summed E-state index contributed by atoms with van der Waals surface area (Å²) in [6, 6.07) is 5.68. The number of nitrogens with two attached hydrogens (primary N) is 1. The smallest absolute Gasteiger partial charge is 0.229 e. The number of carbonyl (C=O) groups excluding carboxylic acids is 1. The second kappa shape index (κ2) is 5.92. The molecule has 0 radical (unpaired) electrons. The summed E-state index contributed by atoms with van der Waals surface area (Å²) < 4.78 is 0. The van der Waals surface area contributed by atoms with E-state index < -0.39 is 0 Å². The first kappa shape index (κ1) is 15.6. The van der Waals surface area contributed by atoms with Crippen LogP contribution in [0.2, 0.25) is 5.02 Å². The van der Waals surface area contributed by atoms with Gasteiger partial charge in [-0.2, -0.15) is 0 Å². The highest BCUT2D eigenvalue weighted by Gasteiger charge is 2.49. The predicted molar refractivity (Wildman–Crippen MR) is 84.4 cm³/mol. The number of halogens is 2. The van der Waals surface area contributed by atoms with Gasteiger partial charge in [0.05, 0.1) is 16.6 Å². The molecule has 5 heteroatoms. The van der Waals surface area contributed by atoms with Crippen LogP contribution in [0.3, 0.4) is 0 Å². The third-order valence-electron chi connectivity index (χ3n) is 4.67. The molecule has 4 unspecified atom stereocenters. The largest absolute Gasteiger partial charge is 0.327 e. The molecular weight excluding hydrogens is 295 g/mol. The quantitative estimate of drug-likeness (QED) is 0.879. The van der Waals surface area contributed by atoms with E-state index in [1.807, 2.05) is 25.1 Å². The van der Waals surface area contributed by atoms with Gasteiger partial charge in [0, 0.05) is 6.04 Å². The van der Waals surface area contributed by atoms with Crippen molar-refractivity contribution in [1.29, 1.82) is 0 Å². The summed E-state index contributed by atoms with van der Waals surface area (Å²) in [6.45, 7) is 1.98. The molecule has 1 aromatic carbocycles. The lowest BCUT2D eigenvalue weighted by Crippen LogP contribution is -2.42. The van der Waals surface area contributed by atoms with Gasteiger partial charge >= 0.3 is 0 Å². The Morgan fingerprint density at radius 1 is 1.35 bits per heavy atom. The number of aryl methyl sites for hydroxylation is 1. The molecule has 3 nitrogen and oxygen atoms in total. The van der Waals surface area contributed by atoms with Crippen molar-refractivity contribution in [3.05, 3.63) is 28.8 Å². The number of amides is 1. The number of benzene rings is 1. The van der Waals surface area contributed by atoms with E-state index in [0.717, 1.165) is 18.4 Å². The molecule has 0 aromatic heterocycles. The highest BCUT2D eigenvalue weighted by atomic mass is 35.5. The van der Waals surface area contributed by atoms with E-state index in [1.165, 1.54) is 6.42 Å². The van der Waals surface area contributed by atoms with Crippen molar-refractivity contribution in [2.75, 3.05) is 5.32 Å². The van der Waals surface area contributed by atoms with Crippen LogP contribution in [0.15, 0.2) is 18.2 Å². The Morgan fingerprint density at radius 2 is 2.05 bits per heavy atom. The lowest BCUT2D eigenvalue weighted by Gasteiger charge is -2.27. The summed E-state index contributed by atoms with van der Waals surface area (Å²) in [5.74, 6) is 0.986. The fourth-order valence-corrected chi connectivity index (χ4v) is 3.94. The summed E-state index contributed by atoms with van der Waals surface area (Å²) in [7, 11) is 0. The van der Waals surface area contributed by atoms with Gasteiger partial charge in [-0.25, -0.2) is 0 Å². The molecule has 2 fully saturated rings. The first-order valence-corrected chi connectivity index (χ1v) is 7.26. The van der Waals surface area contributed by atoms with Crippen molar-refractivity contribution < 1.29 is 4.79 Å². The Kier molecular flexibility index (Phi) is 4.62. The molecule has 20 heavy (non-hydrogen) atoms. The topological polar surface area (TPSA) is 55.1 Å². The number of hydrogen-bond donors (Lipinski definition) is 2. The second-order valence-electron chi connectivity index (χ2n) is 5.91. The fourth-order valence-electron chi connectivity index (χ4n) is 3.66. The number of anilines is 1. The molecule has 2 bridgehead atoms. The van der Waals surface area contributed by atoms with E-state index in [9.17, 15) is 4.79 Å². The van der Waals surface area contributed by atoms with Crippen LogP contribution < -0.4 is 11.1 Å². The van der Waals surface area contributed by atoms with Crippen molar-refractivity contribution >= 4 is 35.6 Å². The number of nitrogens with one attached hydrogen (secondary N) is 1. The first-order valence-electron chi connectivity index (χ1n) is 6.89. The standard InChI is InChI=1S/C15H19ClN2O.ClH/c1-8-2-5-12(11(16)6-8)18-15(19)13-9-3-4-10(7-9)14(13)17;/h2,5-6,9-10,13-14H,3-4,7,17H2,1H3,(H,18,19);1H. The van der Waals surface area contributed by atoms with Crippen LogP contribution in [0.4, 0.5) is 5.69 Å². The zero-order valence-corrected chi connectivity index (χ0v) is 13.0. The summed E-state index contributed by atoms with van der Waals surface area (Å²) >= 11 is 6.15. The van der Waals surface area contributed by atoms with Crippen LogP contribution in [-0.2, 0) is 4.79 Å². The van der Waals surface area contributed by atoms with Crippen LogP contribution in [0, 0.1) is 24.7 Å². The van der Waals surface area contributed by atoms with Gasteiger partial charge in [0.1, 0.15) is 0 Å². The average Bonchev–Trinajstić information content (AvgIpc) is 2.93. The molecule has 110 valence electrons. The maximum absolute atomic E-state index is 12.4. The SMILES string of the molecule is Cc1ccc(NC(=O)C2C3CCC(C3)C2N)c(Cl)c1.Cl. The lowest BCUT2D eigenvalue weighted by atomic mass is 9.84. The summed E-state index contributed by atoms with van der Waals surface area (Å²) in [5, 5.41) is 3.53. The Balaban J connectivity index is 0.00000147. The Labute approximate surface area is 130 Å². The van der Waals surface area contributed by atoms with E-state index in [0.29, 0.717) is 22.5 Å². The van der Waals surface area contributed by atoms with Gasteiger partial charge in [-0.15, -0.1) is 12.4 Å². The van der Waals surface area contributed by atoms with E-state index in [2.05, 4.69) is 5.32 Å². The average molecular weight is 315 g/mol. The molecule has 0 spiro atoms. The number of hydrogen-bond acceptors (Lipinski definition) is 2. The molecule has 0 saturated heterocycles. The molecule has 0 aliphatic heterocycles. The van der Waals surface area contributed by atoms with Gasteiger partial charge in [-0.3, -0.25) is 4.79 Å². The number of fused-ring (bicyclic) bond motifs is 2. The highest BCUT2D eigenvalue weighted by Crippen LogP contribution is 2.48. The molecule has 2 saturated carbocycles. The molecule has 3 N–H and O–H groups in total. The van der Waals surface area contributed by atoms with Gasteiger partial charge in [0.15, 0.2) is 0 Å². The van der Waals surface area contributed by atoms with Gasteiger partial charge in [0.25, 0.3) is 0 Å². The van der Waals surface area contributed by atoms with Gasteiger partial charge in [0.2, 0.25) is 5.91 Å². The molecule has 4 atom stereocenters. The maximum Gasteiger partial charge on any atom is 0.229 e. The normalized spacial score (nSPS) is 30.9. The van der Waals surface area contributed by atoms with Crippen LogP contribution in [0.1, 0.15) is 24.8 Å². The summed E-state index contributed by atoms with van der Waals surface area (Å²) in [6.07, 6.45) is 3.43. The third kappa shape index (κ3) is 2.67. The van der Waals surface area contributed by atoms with Crippen molar-refractivity contribution in [1.82, 2.24) is 0 Å². The van der Waals surface area contributed by atoms with Crippen LogP contribution in [0.25, 0.3) is 0 Å². The van der Waals surface area contributed by atoms with Crippen molar-refractivity contribution in [2.24, 2.45) is 23.5 Å². The molecule has 1 amide bonds. The zero-order chi connectivity index (χ0) is 13.6. The molecule has 2 aliphatic carbocycles. The predicted octanol–water partition coefficient (Wildman–Crippen LogP) is 3.38. The Bertz CT molecular complexity index is 519. The fraction of sp³-hybridized carbons (Fsp3) is 0.533. The lowest BCUT2D eigenvalue weighted by molar-refractivity contribution is -0.121. The van der Waals surface area contributed by atoms with E-state index in [-0.39, 0.29) is 30.3 Å². The van der Waals surface area contributed by atoms with Gasteiger partial charge < -0.3 is 11.1 Å². The number of rotatable bonds is 2.